The van der Waals surface area contributed by atoms with Crippen molar-refractivity contribution >= 4 is 27.5 Å². The Morgan fingerprint density at radius 2 is 2.00 bits per heavy atom. The van der Waals surface area contributed by atoms with E-state index < -0.39 is 15.6 Å². The highest BCUT2D eigenvalue weighted by atomic mass is 35.5. The van der Waals surface area contributed by atoms with Crippen molar-refractivity contribution in [2.24, 2.45) is 0 Å². The fraction of sp³-hybridized carbons (Fsp3) is 0.462. The van der Waals surface area contributed by atoms with Crippen LogP contribution < -0.4 is 14.8 Å². The number of benzene rings is 1. The molecule has 0 radical (unpaired) electrons. The van der Waals surface area contributed by atoms with Crippen molar-refractivity contribution in [3.05, 3.63) is 29.3 Å². The first-order valence-electron chi connectivity index (χ1n) is 6.28. The van der Waals surface area contributed by atoms with Gasteiger partial charge in [0.15, 0.2) is 5.60 Å². The van der Waals surface area contributed by atoms with Crippen LogP contribution in [-0.2, 0) is 14.8 Å². The molecule has 1 aromatic rings. The lowest BCUT2D eigenvalue weighted by molar-refractivity contribution is -0.134. The minimum absolute atomic E-state index is 0.123. The molecular weight excluding hydrogens is 316 g/mol. The summed E-state index contributed by atoms with van der Waals surface area (Å²) in [6, 6.07) is 6.74. The quantitative estimate of drug-likeness (QED) is 0.733. The standard InChI is InChI=1S/C13H19ClN2O4S/c1-13(2,20-11-6-4-5-10(14)9-11)12(17)15-7-8-16-21(3,18)19/h4-6,9,16H,7-8H2,1-3H3,(H,15,17). The molecule has 0 fully saturated rings. The molecule has 2 N–H and O–H groups in total. The molecule has 0 saturated carbocycles. The van der Waals surface area contributed by atoms with E-state index in [1.54, 1.807) is 38.1 Å². The predicted molar refractivity (Wildman–Crippen MR) is 82.0 cm³/mol. The van der Waals surface area contributed by atoms with Crippen LogP contribution in [0.2, 0.25) is 5.02 Å². The summed E-state index contributed by atoms with van der Waals surface area (Å²) in [6.07, 6.45) is 1.06. The third-order valence-electron chi connectivity index (χ3n) is 2.49. The number of amides is 1. The fourth-order valence-corrected chi connectivity index (χ4v) is 2.15. The number of rotatable bonds is 7. The molecule has 0 bridgehead atoms. The molecule has 6 nitrogen and oxygen atoms in total. The van der Waals surface area contributed by atoms with Crippen LogP contribution in [0.3, 0.4) is 0 Å². The van der Waals surface area contributed by atoms with Gasteiger partial charge in [-0.25, -0.2) is 13.1 Å². The van der Waals surface area contributed by atoms with Crippen LogP contribution in [0.4, 0.5) is 0 Å². The van der Waals surface area contributed by atoms with Crippen LogP contribution in [0, 0.1) is 0 Å². The zero-order chi connectivity index (χ0) is 16.1. The first-order chi connectivity index (χ1) is 9.60. The van der Waals surface area contributed by atoms with Gasteiger partial charge < -0.3 is 10.1 Å². The van der Waals surface area contributed by atoms with Gasteiger partial charge in [-0.2, -0.15) is 0 Å². The summed E-state index contributed by atoms with van der Waals surface area (Å²) in [4.78, 5) is 12.0. The molecule has 0 saturated heterocycles. The van der Waals surface area contributed by atoms with Gasteiger partial charge in [0, 0.05) is 18.1 Å². The smallest absolute Gasteiger partial charge is 0.263 e. The Balaban J connectivity index is 2.51. The Kier molecular flexibility index (Phi) is 6.00. The van der Waals surface area contributed by atoms with Crippen molar-refractivity contribution in [2.45, 2.75) is 19.4 Å². The lowest BCUT2D eigenvalue weighted by atomic mass is 10.1. The van der Waals surface area contributed by atoms with Crippen molar-refractivity contribution in [1.82, 2.24) is 10.0 Å². The molecule has 1 amide bonds. The summed E-state index contributed by atoms with van der Waals surface area (Å²) >= 11 is 5.85. The summed E-state index contributed by atoms with van der Waals surface area (Å²) in [5, 5.41) is 3.12. The second-order valence-corrected chi connectivity index (χ2v) is 7.26. The normalized spacial score (nSPS) is 12.0. The number of hydrogen-bond acceptors (Lipinski definition) is 4. The van der Waals surface area contributed by atoms with Gasteiger partial charge >= 0.3 is 0 Å². The summed E-state index contributed by atoms with van der Waals surface area (Å²) in [6.45, 7) is 3.53. The SMILES string of the molecule is CC(C)(Oc1cccc(Cl)c1)C(=O)NCCNS(C)(=O)=O. The molecule has 0 aromatic heterocycles. The molecule has 0 spiro atoms. The van der Waals surface area contributed by atoms with Gasteiger partial charge in [-0.1, -0.05) is 17.7 Å². The van der Waals surface area contributed by atoms with E-state index in [4.69, 9.17) is 16.3 Å². The largest absolute Gasteiger partial charge is 0.478 e. The van der Waals surface area contributed by atoms with Crippen LogP contribution >= 0.6 is 11.6 Å². The van der Waals surface area contributed by atoms with Gasteiger partial charge in [-0.05, 0) is 32.0 Å². The zero-order valence-electron chi connectivity index (χ0n) is 12.1. The van der Waals surface area contributed by atoms with Crippen LogP contribution in [0.1, 0.15) is 13.8 Å². The molecule has 0 heterocycles. The molecule has 0 aliphatic rings. The van der Waals surface area contributed by atoms with Gasteiger partial charge in [0.05, 0.1) is 6.26 Å². The van der Waals surface area contributed by atoms with E-state index in [9.17, 15) is 13.2 Å². The molecule has 1 aromatic carbocycles. The lowest BCUT2D eigenvalue weighted by Crippen LogP contribution is -2.48. The molecule has 0 unspecified atom stereocenters. The Labute approximate surface area is 129 Å². The molecule has 21 heavy (non-hydrogen) atoms. The monoisotopic (exact) mass is 334 g/mol. The zero-order valence-corrected chi connectivity index (χ0v) is 13.7. The number of nitrogens with one attached hydrogen (secondary N) is 2. The number of carbonyl (C=O) groups excluding carboxylic acids is 1. The third-order valence-corrected chi connectivity index (χ3v) is 3.45. The third kappa shape index (κ3) is 6.79. The van der Waals surface area contributed by atoms with Crippen molar-refractivity contribution in [3.63, 3.8) is 0 Å². The topological polar surface area (TPSA) is 84.5 Å². The van der Waals surface area contributed by atoms with Crippen molar-refractivity contribution in [2.75, 3.05) is 19.3 Å². The number of sulfonamides is 1. The van der Waals surface area contributed by atoms with Gasteiger partial charge in [0.2, 0.25) is 10.0 Å². The number of halogens is 1. The second-order valence-electron chi connectivity index (χ2n) is 4.99. The van der Waals surface area contributed by atoms with Crippen LogP contribution in [0.25, 0.3) is 0 Å². The molecule has 118 valence electrons. The molecule has 0 aliphatic carbocycles. The maximum absolute atomic E-state index is 12.0. The number of ether oxygens (including phenoxy) is 1. The van der Waals surface area contributed by atoms with Gasteiger partial charge in [-0.3, -0.25) is 4.79 Å². The fourth-order valence-electron chi connectivity index (χ4n) is 1.50. The highest BCUT2D eigenvalue weighted by Crippen LogP contribution is 2.22. The number of hydrogen-bond donors (Lipinski definition) is 2. The molecular formula is C13H19ClN2O4S. The Morgan fingerprint density at radius 3 is 2.57 bits per heavy atom. The maximum atomic E-state index is 12.0. The molecule has 0 aliphatic heterocycles. The first-order valence-corrected chi connectivity index (χ1v) is 8.54. The summed E-state index contributed by atoms with van der Waals surface area (Å²) in [7, 11) is -3.26. The molecule has 1 rings (SSSR count). The van der Waals surface area contributed by atoms with Crippen LogP contribution in [-0.4, -0.2) is 39.3 Å². The minimum atomic E-state index is -3.26. The Bertz CT molecular complexity index is 602. The van der Waals surface area contributed by atoms with Gasteiger partial charge in [-0.15, -0.1) is 0 Å². The minimum Gasteiger partial charge on any atom is -0.478 e. The van der Waals surface area contributed by atoms with Gasteiger partial charge in [0.1, 0.15) is 5.75 Å². The van der Waals surface area contributed by atoms with E-state index in [0.717, 1.165) is 6.26 Å². The van der Waals surface area contributed by atoms with E-state index in [0.29, 0.717) is 10.8 Å². The van der Waals surface area contributed by atoms with E-state index in [1.807, 2.05) is 0 Å². The maximum Gasteiger partial charge on any atom is 0.263 e. The highest BCUT2D eigenvalue weighted by molar-refractivity contribution is 7.88. The van der Waals surface area contributed by atoms with E-state index >= 15 is 0 Å². The second kappa shape index (κ2) is 7.11. The van der Waals surface area contributed by atoms with E-state index in [1.165, 1.54) is 0 Å². The van der Waals surface area contributed by atoms with Crippen molar-refractivity contribution < 1.29 is 17.9 Å². The van der Waals surface area contributed by atoms with Crippen molar-refractivity contribution in [1.29, 1.82) is 0 Å². The summed E-state index contributed by atoms with van der Waals surface area (Å²) in [5.74, 6) is 0.134. The first kappa shape index (κ1) is 17.7. The van der Waals surface area contributed by atoms with E-state index in [-0.39, 0.29) is 19.0 Å². The van der Waals surface area contributed by atoms with E-state index in [2.05, 4.69) is 10.0 Å². The molecule has 0 atom stereocenters. The molecule has 8 heteroatoms. The van der Waals surface area contributed by atoms with Gasteiger partial charge in [0.25, 0.3) is 5.91 Å². The lowest BCUT2D eigenvalue weighted by Gasteiger charge is -2.25. The van der Waals surface area contributed by atoms with Crippen LogP contribution in [0.5, 0.6) is 5.75 Å². The highest BCUT2D eigenvalue weighted by Gasteiger charge is 2.29. The van der Waals surface area contributed by atoms with Crippen LogP contribution in [0.15, 0.2) is 24.3 Å². The van der Waals surface area contributed by atoms with Crippen molar-refractivity contribution in [3.8, 4) is 5.75 Å². The summed E-state index contributed by atoms with van der Waals surface area (Å²) in [5.41, 5.74) is -1.10. The average molecular weight is 335 g/mol. The Morgan fingerprint density at radius 1 is 1.33 bits per heavy atom. The average Bonchev–Trinajstić information content (AvgIpc) is 2.32. The predicted octanol–water partition coefficient (Wildman–Crippen LogP) is 1.16. The summed E-state index contributed by atoms with van der Waals surface area (Å²) < 4.78 is 29.7. The Hall–Kier alpha value is -1.31. The number of carbonyl (C=O) groups is 1.